The highest BCUT2D eigenvalue weighted by molar-refractivity contribution is 5.83. The van der Waals surface area contributed by atoms with Crippen molar-refractivity contribution in [2.45, 2.75) is 19.5 Å². The molecule has 22 heavy (non-hydrogen) atoms. The Balaban J connectivity index is 1.81. The summed E-state index contributed by atoms with van der Waals surface area (Å²) in [7, 11) is 1.84. The van der Waals surface area contributed by atoms with Crippen LogP contribution in [0.1, 0.15) is 18.5 Å². The number of pyridine rings is 1. The van der Waals surface area contributed by atoms with Crippen molar-refractivity contribution >= 4 is 16.8 Å². The van der Waals surface area contributed by atoms with Crippen LogP contribution in [0.3, 0.4) is 0 Å². The quantitative estimate of drug-likeness (QED) is 0.740. The SMILES string of the molecule is CC(C(=O)N(C)Cc1ccnc2ccccc12)n1cccc1. The van der Waals surface area contributed by atoms with Gasteiger partial charge in [0.05, 0.1) is 5.52 Å². The number of hydrogen-bond acceptors (Lipinski definition) is 2. The van der Waals surface area contributed by atoms with Crippen molar-refractivity contribution in [3.63, 3.8) is 0 Å². The van der Waals surface area contributed by atoms with Crippen LogP contribution in [0.4, 0.5) is 0 Å². The molecule has 1 atom stereocenters. The maximum atomic E-state index is 12.6. The van der Waals surface area contributed by atoms with E-state index in [1.807, 2.05) is 73.4 Å². The minimum atomic E-state index is -0.201. The summed E-state index contributed by atoms with van der Waals surface area (Å²) >= 11 is 0. The molecule has 3 rings (SSSR count). The molecule has 112 valence electrons. The summed E-state index contributed by atoms with van der Waals surface area (Å²) in [4.78, 5) is 18.7. The maximum absolute atomic E-state index is 12.6. The van der Waals surface area contributed by atoms with Crippen LogP contribution in [-0.4, -0.2) is 27.4 Å². The Morgan fingerprint density at radius 1 is 1.18 bits per heavy atom. The number of likely N-dealkylation sites (N-methyl/N-ethyl adjacent to an activating group) is 1. The molecule has 0 saturated heterocycles. The molecule has 0 radical (unpaired) electrons. The van der Waals surface area contributed by atoms with Crippen LogP contribution in [0.25, 0.3) is 10.9 Å². The number of hydrogen-bond donors (Lipinski definition) is 0. The largest absolute Gasteiger partial charge is 0.342 e. The molecule has 0 fully saturated rings. The summed E-state index contributed by atoms with van der Waals surface area (Å²) in [5.74, 6) is 0.0945. The zero-order valence-electron chi connectivity index (χ0n) is 12.8. The van der Waals surface area contributed by atoms with Gasteiger partial charge in [0.25, 0.3) is 0 Å². The van der Waals surface area contributed by atoms with E-state index in [2.05, 4.69) is 4.98 Å². The van der Waals surface area contributed by atoms with E-state index in [1.54, 1.807) is 11.1 Å². The number of benzene rings is 1. The molecule has 1 unspecified atom stereocenters. The predicted molar refractivity (Wildman–Crippen MR) is 87.4 cm³/mol. The number of rotatable bonds is 4. The van der Waals surface area contributed by atoms with Crippen LogP contribution in [0, 0.1) is 0 Å². The van der Waals surface area contributed by atoms with E-state index < -0.39 is 0 Å². The van der Waals surface area contributed by atoms with Crippen molar-refractivity contribution in [3.05, 3.63) is 66.6 Å². The van der Waals surface area contributed by atoms with E-state index in [0.29, 0.717) is 6.54 Å². The average Bonchev–Trinajstić information content (AvgIpc) is 3.08. The maximum Gasteiger partial charge on any atom is 0.245 e. The Hall–Kier alpha value is -2.62. The first-order valence-electron chi connectivity index (χ1n) is 7.37. The van der Waals surface area contributed by atoms with E-state index in [9.17, 15) is 4.79 Å². The van der Waals surface area contributed by atoms with Gasteiger partial charge in [0.1, 0.15) is 6.04 Å². The number of carbonyl (C=O) groups excluding carboxylic acids is 1. The van der Waals surface area contributed by atoms with Crippen molar-refractivity contribution in [3.8, 4) is 0 Å². The molecule has 1 aromatic carbocycles. The first-order chi connectivity index (χ1) is 10.7. The van der Waals surface area contributed by atoms with Crippen LogP contribution in [0.5, 0.6) is 0 Å². The first-order valence-corrected chi connectivity index (χ1v) is 7.37. The zero-order chi connectivity index (χ0) is 15.5. The minimum Gasteiger partial charge on any atom is -0.342 e. The van der Waals surface area contributed by atoms with E-state index in [4.69, 9.17) is 0 Å². The smallest absolute Gasteiger partial charge is 0.245 e. The number of para-hydroxylation sites is 1. The Kier molecular flexibility index (Phi) is 3.92. The summed E-state index contributed by atoms with van der Waals surface area (Å²) in [6.45, 7) is 2.50. The van der Waals surface area contributed by atoms with Gasteiger partial charge in [0.2, 0.25) is 5.91 Å². The molecule has 1 amide bonds. The lowest BCUT2D eigenvalue weighted by atomic mass is 10.1. The molecule has 4 heteroatoms. The van der Waals surface area contributed by atoms with Gasteiger partial charge in [-0.15, -0.1) is 0 Å². The van der Waals surface area contributed by atoms with Crippen molar-refractivity contribution in [2.75, 3.05) is 7.05 Å². The average molecular weight is 293 g/mol. The third kappa shape index (κ3) is 2.72. The normalized spacial score (nSPS) is 12.3. The summed E-state index contributed by atoms with van der Waals surface area (Å²) < 4.78 is 1.92. The second kappa shape index (κ2) is 6.02. The molecule has 0 bridgehead atoms. The molecule has 2 heterocycles. The first kappa shape index (κ1) is 14.3. The van der Waals surface area contributed by atoms with Gasteiger partial charge in [-0.2, -0.15) is 0 Å². The minimum absolute atomic E-state index is 0.0945. The molecule has 0 aliphatic rings. The van der Waals surface area contributed by atoms with Gasteiger partial charge in [-0.3, -0.25) is 9.78 Å². The highest BCUT2D eigenvalue weighted by Crippen LogP contribution is 2.19. The molecule has 0 aliphatic carbocycles. The monoisotopic (exact) mass is 293 g/mol. The fraction of sp³-hybridized carbons (Fsp3) is 0.222. The topological polar surface area (TPSA) is 38.1 Å². The lowest BCUT2D eigenvalue weighted by molar-refractivity contribution is -0.133. The third-order valence-corrected chi connectivity index (χ3v) is 3.96. The summed E-state index contributed by atoms with van der Waals surface area (Å²) in [6.07, 6.45) is 5.63. The third-order valence-electron chi connectivity index (χ3n) is 3.96. The second-order valence-corrected chi connectivity index (χ2v) is 5.49. The van der Waals surface area contributed by atoms with E-state index in [-0.39, 0.29) is 11.9 Å². The number of amides is 1. The van der Waals surface area contributed by atoms with Gasteiger partial charge in [-0.25, -0.2) is 0 Å². The molecule has 0 spiro atoms. The Morgan fingerprint density at radius 2 is 1.91 bits per heavy atom. The standard InChI is InChI=1S/C18H19N3O/c1-14(21-11-5-6-12-21)18(22)20(2)13-15-9-10-19-17-8-4-3-7-16(15)17/h3-12,14H,13H2,1-2H3. The molecule has 2 aromatic heterocycles. The van der Waals surface area contributed by atoms with Gasteiger partial charge in [-0.05, 0) is 36.8 Å². The van der Waals surface area contributed by atoms with Gasteiger partial charge >= 0.3 is 0 Å². The van der Waals surface area contributed by atoms with E-state index >= 15 is 0 Å². The van der Waals surface area contributed by atoms with E-state index in [1.165, 1.54) is 0 Å². The highest BCUT2D eigenvalue weighted by Gasteiger charge is 2.19. The molecule has 4 nitrogen and oxygen atoms in total. The Bertz CT molecular complexity index is 775. The van der Waals surface area contributed by atoms with Crippen LogP contribution in [0.2, 0.25) is 0 Å². The van der Waals surface area contributed by atoms with Crippen molar-refractivity contribution in [2.24, 2.45) is 0 Å². The zero-order valence-corrected chi connectivity index (χ0v) is 12.8. The molecule has 3 aromatic rings. The lowest BCUT2D eigenvalue weighted by Crippen LogP contribution is -2.32. The Morgan fingerprint density at radius 3 is 2.68 bits per heavy atom. The number of carbonyl (C=O) groups is 1. The number of aromatic nitrogens is 2. The summed E-state index contributed by atoms with van der Waals surface area (Å²) in [6, 6.07) is 13.6. The van der Waals surface area contributed by atoms with Crippen LogP contribution in [0.15, 0.2) is 61.1 Å². The fourth-order valence-corrected chi connectivity index (χ4v) is 2.68. The van der Waals surface area contributed by atoms with Gasteiger partial charge < -0.3 is 9.47 Å². The predicted octanol–water partition coefficient (Wildman–Crippen LogP) is 3.26. The Labute approximate surface area is 130 Å². The molecule has 0 saturated carbocycles. The van der Waals surface area contributed by atoms with Crippen LogP contribution >= 0.6 is 0 Å². The number of fused-ring (bicyclic) bond motifs is 1. The van der Waals surface area contributed by atoms with Crippen molar-refractivity contribution < 1.29 is 4.79 Å². The molecule has 0 N–H and O–H groups in total. The molecule has 0 aliphatic heterocycles. The van der Waals surface area contributed by atoms with Crippen LogP contribution < -0.4 is 0 Å². The summed E-state index contributed by atoms with van der Waals surface area (Å²) in [5.41, 5.74) is 2.07. The second-order valence-electron chi connectivity index (χ2n) is 5.49. The van der Waals surface area contributed by atoms with Gasteiger partial charge in [0.15, 0.2) is 0 Å². The van der Waals surface area contributed by atoms with Crippen molar-refractivity contribution in [1.82, 2.24) is 14.5 Å². The highest BCUT2D eigenvalue weighted by atomic mass is 16.2. The van der Waals surface area contributed by atoms with Gasteiger partial charge in [-0.1, -0.05) is 18.2 Å². The van der Waals surface area contributed by atoms with Crippen LogP contribution in [-0.2, 0) is 11.3 Å². The van der Waals surface area contributed by atoms with E-state index in [0.717, 1.165) is 16.5 Å². The van der Waals surface area contributed by atoms with Crippen molar-refractivity contribution in [1.29, 1.82) is 0 Å². The number of nitrogens with zero attached hydrogens (tertiary/aromatic N) is 3. The van der Waals surface area contributed by atoms with Gasteiger partial charge in [0, 0.05) is 37.6 Å². The molecular weight excluding hydrogens is 274 g/mol. The fourth-order valence-electron chi connectivity index (χ4n) is 2.68. The molecular formula is C18H19N3O. The summed E-state index contributed by atoms with van der Waals surface area (Å²) in [5, 5.41) is 1.10. The lowest BCUT2D eigenvalue weighted by Gasteiger charge is -2.23.